The number of aldehydes is 1. The number of fused-ring (bicyclic) bond motifs is 6. The molecule has 4 heteroatoms. The molecule has 2 aliphatic rings. The molecule has 0 N–H and O–H groups in total. The normalized spacial score (nSPS) is 17.4. The van der Waals surface area contributed by atoms with Crippen molar-refractivity contribution in [3.8, 4) is 0 Å². The Bertz CT molecular complexity index is 2010. The Morgan fingerprint density at radius 3 is 2.08 bits per heavy atom. The van der Waals surface area contributed by atoms with Crippen LogP contribution in [0.3, 0.4) is 0 Å². The Balaban J connectivity index is 1.24. The molecule has 0 bridgehead atoms. The van der Waals surface area contributed by atoms with Crippen molar-refractivity contribution in [1.82, 2.24) is 0 Å². The maximum atomic E-state index is 10.9. The van der Waals surface area contributed by atoms with E-state index in [-0.39, 0.29) is 10.8 Å². The zero-order valence-corrected chi connectivity index (χ0v) is 31.3. The number of carbonyl (C=O) groups excluding carboxylic acids is 1. The van der Waals surface area contributed by atoms with Gasteiger partial charge in [0.05, 0.1) is 5.41 Å². The lowest BCUT2D eigenvalue weighted by atomic mass is 9.79. The fourth-order valence-corrected chi connectivity index (χ4v) is 8.49. The van der Waals surface area contributed by atoms with Gasteiger partial charge in [0.2, 0.25) is 5.69 Å². The fourth-order valence-electron chi connectivity index (χ4n) is 8.27. The third-order valence-corrected chi connectivity index (χ3v) is 11.0. The van der Waals surface area contributed by atoms with E-state index >= 15 is 0 Å². The molecular weight excluding hydrogens is 629 g/mol. The van der Waals surface area contributed by atoms with Crippen LogP contribution in [0.25, 0.3) is 21.5 Å². The maximum Gasteiger partial charge on any atom is 0.210 e. The van der Waals surface area contributed by atoms with Crippen molar-refractivity contribution in [1.29, 1.82) is 0 Å². The van der Waals surface area contributed by atoms with E-state index in [0.717, 1.165) is 57.2 Å². The van der Waals surface area contributed by atoms with Gasteiger partial charge in [0.15, 0.2) is 5.71 Å². The van der Waals surface area contributed by atoms with Crippen LogP contribution in [0.2, 0.25) is 0 Å². The van der Waals surface area contributed by atoms with Gasteiger partial charge >= 0.3 is 0 Å². The Labute approximate surface area is 305 Å². The first-order chi connectivity index (χ1) is 24.3. The summed E-state index contributed by atoms with van der Waals surface area (Å²) in [6.07, 6.45) is 23.7. The topological polar surface area (TPSA) is 23.3 Å². The van der Waals surface area contributed by atoms with Crippen LogP contribution in [0.4, 0.5) is 11.4 Å². The molecule has 4 aromatic carbocycles. The summed E-state index contributed by atoms with van der Waals surface area (Å²) in [5.74, 6) is 0.944. The summed E-state index contributed by atoms with van der Waals surface area (Å²) in [4.78, 5) is 13.4. The highest BCUT2D eigenvalue weighted by molar-refractivity contribution is 7.80. The van der Waals surface area contributed by atoms with E-state index in [2.05, 4.69) is 165 Å². The van der Waals surface area contributed by atoms with Crippen LogP contribution < -0.4 is 4.90 Å². The van der Waals surface area contributed by atoms with Gasteiger partial charge in [-0.1, -0.05) is 105 Å². The highest BCUT2D eigenvalue weighted by Crippen LogP contribution is 2.51. The Morgan fingerprint density at radius 2 is 1.34 bits per heavy atom. The van der Waals surface area contributed by atoms with E-state index in [4.69, 9.17) is 0 Å². The second kappa shape index (κ2) is 15.8. The number of hydrogen-bond donors (Lipinski definition) is 1. The number of anilines is 1. The van der Waals surface area contributed by atoms with E-state index in [1.165, 1.54) is 61.9 Å². The second-order valence-electron chi connectivity index (χ2n) is 14.8. The van der Waals surface area contributed by atoms with Crippen LogP contribution in [0.5, 0.6) is 0 Å². The van der Waals surface area contributed by atoms with E-state index in [9.17, 15) is 4.79 Å². The van der Waals surface area contributed by atoms with Crippen molar-refractivity contribution < 1.29 is 9.37 Å². The summed E-state index contributed by atoms with van der Waals surface area (Å²) in [7, 11) is 0. The van der Waals surface area contributed by atoms with E-state index in [1.807, 2.05) is 0 Å². The lowest BCUT2D eigenvalue weighted by molar-refractivity contribution is -0.438. The molecule has 2 aliphatic heterocycles. The molecule has 4 aromatic rings. The van der Waals surface area contributed by atoms with Gasteiger partial charge in [0, 0.05) is 53.9 Å². The molecule has 2 heterocycles. The van der Waals surface area contributed by atoms with Crippen LogP contribution in [-0.2, 0) is 15.6 Å². The summed E-state index contributed by atoms with van der Waals surface area (Å²) >= 11 is 4.44. The average Bonchev–Trinajstić information content (AvgIpc) is 3.47. The summed E-state index contributed by atoms with van der Waals surface area (Å²) in [5, 5.41) is 5.27. The molecular formula is C46H53N2OS+. The molecule has 6 rings (SSSR count). The highest BCUT2D eigenvalue weighted by atomic mass is 32.1. The monoisotopic (exact) mass is 681 g/mol. The van der Waals surface area contributed by atoms with Crippen molar-refractivity contribution in [2.24, 2.45) is 0 Å². The first kappa shape index (κ1) is 35.7. The van der Waals surface area contributed by atoms with E-state index < -0.39 is 0 Å². The highest BCUT2D eigenvalue weighted by Gasteiger charge is 2.45. The number of unbranched alkanes of at least 4 members (excludes halogenated alkanes) is 5. The molecule has 0 atom stereocenters. The van der Waals surface area contributed by atoms with Gasteiger partial charge in [-0.25, -0.2) is 0 Å². The summed E-state index contributed by atoms with van der Waals surface area (Å²) in [6.45, 7) is 11.4. The van der Waals surface area contributed by atoms with Crippen LogP contribution >= 0.6 is 12.6 Å². The summed E-state index contributed by atoms with van der Waals surface area (Å²) in [5.41, 5.74) is 7.93. The van der Waals surface area contributed by atoms with E-state index in [0.29, 0.717) is 6.42 Å². The minimum atomic E-state index is -0.132. The lowest BCUT2D eigenvalue weighted by Crippen LogP contribution is -2.28. The first-order valence-corrected chi connectivity index (χ1v) is 19.2. The maximum absolute atomic E-state index is 10.9. The quantitative estimate of drug-likeness (QED) is 0.0444. The van der Waals surface area contributed by atoms with Crippen molar-refractivity contribution in [3.05, 3.63) is 132 Å². The minimum absolute atomic E-state index is 0.103. The Hall–Kier alpha value is -4.15. The molecule has 0 spiro atoms. The molecule has 0 saturated carbocycles. The molecule has 0 amide bonds. The van der Waals surface area contributed by atoms with Gasteiger partial charge in [0.1, 0.15) is 12.8 Å². The zero-order chi connectivity index (χ0) is 35.1. The van der Waals surface area contributed by atoms with Gasteiger partial charge in [-0.05, 0) is 90.6 Å². The number of nitrogens with zero attached hydrogens (tertiary/aromatic N) is 2. The molecule has 0 aromatic heterocycles. The van der Waals surface area contributed by atoms with Gasteiger partial charge in [-0.2, -0.15) is 17.2 Å². The Morgan fingerprint density at radius 1 is 0.680 bits per heavy atom. The molecule has 0 fully saturated rings. The van der Waals surface area contributed by atoms with Crippen molar-refractivity contribution in [2.75, 3.05) is 23.7 Å². The molecule has 0 radical (unpaired) electrons. The number of rotatable bonds is 15. The predicted molar refractivity (Wildman–Crippen MR) is 219 cm³/mol. The second-order valence-corrected chi connectivity index (χ2v) is 15.2. The molecule has 3 nitrogen and oxygen atoms in total. The van der Waals surface area contributed by atoms with Crippen LogP contribution in [-0.4, -0.2) is 35.4 Å². The van der Waals surface area contributed by atoms with E-state index in [1.54, 1.807) is 0 Å². The molecule has 50 heavy (non-hydrogen) atoms. The van der Waals surface area contributed by atoms with Crippen LogP contribution in [0.1, 0.15) is 83.8 Å². The first-order valence-electron chi connectivity index (χ1n) is 18.5. The largest absolute Gasteiger partial charge is 0.344 e. The number of benzene rings is 4. The number of hydrogen-bond acceptors (Lipinski definition) is 3. The molecule has 258 valence electrons. The minimum Gasteiger partial charge on any atom is -0.344 e. The molecule has 0 unspecified atom stereocenters. The zero-order valence-electron chi connectivity index (χ0n) is 30.4. The predicted octanol–water partition coefficient (Wildman–Crippen LogP) is 11.6. The van der Waals surface area contributed by atoms with Crippen LogP contribution in [0, 0.1) is 0 Å². The van der Waals surface area contributed by atoms with Gasteiger partial charge in [0.25, 0.3) is 0 Å². The lowest BCUT2D eigenvalue weighted by Gasteiger charge is -2.27. The van der Waals surface area contributed by atoms with Crippen molar-refractivity contribution >= 4 is 57.5 Å². The Kier molecular flexibility index (Phi) is 11.3. The van der Waals surface area contributed by atoms with Gasteiger partial charge in [-0.15, -0.1) is 0 Å². The standard InChI is InChI=1S/C46H52N2OS/c1-45(2)41(47(31-17-8-9-19-33-49)39-29-27-35-21-13-15-23-37(35)43(39)45)25-11-6-5-7-12-26-42-46(3,4)44-38-24-16-14-22-36(38)28-30-40(44)48(42)32-18-10-20-34-50/h5-7,11-16,21-30,33H,8-10,17-20,31-32,34H2,1-4H3/p+1. The number of thiol groups is 1. The fraction of sp³-hybridized carbons (Fsp3) is 0.348. The number of carbonyl (C=O) groups is 1. The SMILES string of the molecule is CC1(C)C(/C=C/C=C/C=C/C=C2\N(CCCCCS)c3ccc4ccccc4c3C2(C)C)=[N+](CCCCCC=O)c2ccc3ccccc3c21. The summed E-state index contributed by atoms with van der Waals surface area (Å²) in [6, 6.07) is 26.7. The van der Waals surface area contributed by atoms with Crippen LogP contribution in [0.15, 0.2) is 121 Å². The smallest absolute Gasteiger partial charge is 0.210 e. The molecule has 0 aliphatic carbocycles. The van der Waals surface area contributed by atoms with Gasteiger partial charge in [-0.3, -0.25) is 0 Å². The number of allylic oxidation sites excluding steroid dienone is 8. The average molecular weight is 682 g/mol. The third kappa shape index (κ3) is 7.05. The molecule has 0 saturated heterocycles. The van der Waals surface area contributed by atoms with Crippen molar-refractivity contribution in [2.45, 2.75) is 83.5 Å². The van der Waals surface area contributed by atoms with Gasteiger partial charge < -0.3 is 9.69 Å². The van der Waals surface area contributed by atoms with Crippen molar-refractivity contribution in [3.63, 3.8) is 0 Å². The third-order valence-electron chi connectivity index (χ3n) is 10.7. The summed E-state index contributed by atoms with van der Waals surface area (Å²) < 4.78 is 2.52.